The predicted octanol–water partition coefficient (Wildman–Crippen LogP) is 3.74. The Morgan fingerprint density at radius 3 is 1.97 bits per heavy atom. The SMILES string of the molecule is CC(C)(C)C(=O)COC(=O)c1ccc(N2C(=O)C3C4CC(C(Br)C4Br)C3C2=O)cc1. The molecule has 0 N–H and O–H groups in total. The Labute approximate surface area is 192 Å². The number of benzene rings is 1. The van der Waals surface area contributed by atoms with E-state index >= 15 is 0 Å². The topological polar surface area (TPSA) is 80.8 Å². The van der Waals surface area contributed by atoms with Gasteiger partial charge >= 0.3 is 5.97 Å². The number of carbonyl (C=O) groups excluding carboxylic acids is 4. The fourth-order valence-electron chi connectivity index (χ4n) is 4.78. The van der Waals surface area contributed by atoms with Crippen molar-refractivity contribution in [1.82, 2.24) is 0 Å². The van der Waals surface area contributed by atoms with Gasteiger partial charge in [0.05, 0.1) is 23.1 Å². The lowest BCUT2D eigenvalue weighted by Gasteiger charge is -2.28. The monoisotopic (exact) mass is 539 g/mol. The molecule has 30 heavy (non-hydrogen) atoms. The van der Waals surface area contributed by atoms with Crippen LogP contribution >= 0.6 is 31.9 Å². The van der Waals surface area contributed by atoms with E-state index in [1.54, 1.807) is 32.9 Å². The minimum Gasteiger partial charge on any atom is -0.454 e. The maximum atomic E-state index is 13.1. The number of esters is 1. The maximum absolute atomic E-state index is 13.1. The number of imide groups is 1. The number of Topliss-reactive ketones (excluding diaryl/α,β-unsaturated/α-hetero) is 1. The summed E-state index contributed by atoms with van der Waals surface area (Å²) in [5, 5.41) is 0. The van der Waals surface area contributed by atoms with Crippen LogP contribution in [0.3, 0.4) is 0 Å². The first-order valence-corrected chi connectivity index (χ1v) is 11.8. The molecule has 1 heterocycles. The van der Waals surface area contributed by atoms with Gasteiger partial charge in [0.15, 0.2) is 12.4 Å². The van der Waals surface area contributed by atoms with Crippen molar-refractivity contribution in [2.24, 2.45) is 29.1 Å². The largest absolute Gasteiger partial charge is 0.454 e. The lowest BCUT2D eigenvalue weighted by atomic mass is 9.81. The highest BCUT2D eigenvalue weighted by molar-refractivity contribution is 9.12. The molecule has 3 fully saturated rings. The van der Waals surface area contributed by atoms with Crippen LogP contribution in [0.15, 0.2) is 24.3 Å². The Kier molecular flexibility index (Phi) is 5.46. The van der Waals surface area contributed by atoms with E-state index in [1.807, 2.05) is 0 Å². The van der Waals surface area contributed by atoms with Gasteiger partial charge in [-0.05, 0) is 42.5 Å². The summed E-state index contributed by atoms with van der Waals surface area (Å²) >= 11 is 7.36. The number of hydrogen-bond acceptors (Lipinski definition) is 5. The molecule has 8 heteroatoms. The number of halogens is 2. The van der Waals surface area contributed by atoms with E-state index in [1.165, 1.54) is 17.0 Å². The smallest absolute Gasteiger partial charge is 0.338 e. The average Bonchev–Trinajstić information content (AvgIpc) is 3.30. The second-order valence-corrected chi connectivity index (χ2v) is 11.4. The van der Waals surface area contributed by atoms with Gasteiger partial charge in [0.1, 0.15) is 0 Å². The highest BCUT2D eigenvalue weighted by atomic mass is 79.9. The van der Waals surface area contributed by atoms with Crippen molar-refractivity contribution in [3.05, 3.63) is 29.8 Å². The molecule has 1 aliphatic heterocycles. The van der Waals surface area contributed by atoms with Gasteiger partial charge in [-0.25, -0.2) is 4.79 Å². The summed E-state index contributed by atoms with van der Waals surface area (Å²) in [6.45, 7) is 5.00. The Hall–Kier alpha value is -1.54. The number of ether oxygens (including phenoxy) is 1. The van der Waals surface area contributed by atoms with Crippen LogP contribution in [0.25, 0.3) is 0 Å². The summed E-state index contributed by atoms with van der Waals surface area (Å²) < 4.78 is 5.10. The average molecular weight is 541 g/mol. The van der Waals surface area contributed by atoms with Crippen molar-refractivity contribution in [3.63, 3.8) is 0 Å². The van der Waals surface area contributed by atoms with E-state index in [2.05, 4.69) is 31.9 Å². The van der Waals surface area contributed by atoms with Crippen molar-refractivity contribution < 1.29 is 23.9 Å². The van der Waals surface area contributed by atoms with Crippen LogP contribution in [0.1, 0.15) is 37.6 Å². The molecular formula is C22H23Br2NO5. The minimum atomic E-state index is -0.614. The first kappa shape index (κ1) is 21.7. The molecule has 2 saturated carbocycles. The van der Waals surface area contributed by atoms with Crippen LogP contribution in [0, 0.1) is 29.1 Å². The maximum Gasteiger partial charge on any atom is 0.338 e. The molecule has 0 aromatic heterocycles. The van der Waals surface area contributed by atoms with E-state index in [9.17, 15) is 19.2 Å². The van der Waals surface area contributed by atoms with Crippen molar-refractivity contribution in [2.75, 3.05) is 11.5 Å². The number of nitrogens with zero attached hydrogens (tertiary/aromatic N) is 1. The molecule has 1 saturated heterocycles. The van der Waals surface area contributed by atoms with Crippen molar-refractivity contribution in [1.29, 1.82) is 0 Å². The summed E-state index contributed by atoms with van der Waals surface area (Å²) in [5.41, 5.74) is 0.139. The molecule has 6 atom stereocenters. The number of anilines is 1. The van der Waals surface area contributed by atoms with Crippen LogP contribution in [0.4, 0.5) is 5.69 Å². The summed E-state index contributed by atoms with van der Waals surface area (Å²) in [6, 6.07) is 6.20. The predicted molar refractivity (Wildman–Crippen MR) is 118 cm³/mol. The van der Waals surface area contributed by atoms with E-state index in [0.29, 0.717) is 5.69 Å². The number of carbonyl (C=O) groups is 4. The third kappa shape index (κ3) is 3.36. The van der Waals surface area contributed by atoms with Crippen LogP contribution in [0.5, 0.6) is 0 Å². The summed E-state index contributed by atoms with van der Waals surface area (Å²) in [6.07, 6.45) is 0.880. The minimum absolute atomic E-state index is 0.153. The van der Waals surface area contributed by atoms with Gasteiger partial charge in [0.25, 0.3) is 0 Å². The second-order valence-electron chi connectivity index (χ2n) is 9.31. The fraction of sp³-hybridized carbons (Fsp3) is 0.545. The summed E-state index contributed by atoms with van der Waals surface area (Å²) in [5.74, 6) is -1.36. The molecule has 0 radical (unpaired) electrons. The van der Waals surface area contributed by atoms with E-state index < -0.39 is 11.4 Å². The standard InChI is InChI=1S/C22H23Br2NO5/c1-22(2,3)14(26)9-30-21(29)10-4-6-11(7-5-10)25-19(27)15-12-8-13(16(15)20(25)28)18(24)17(12)23/h4-7,12-13,15-18H,8-9H2,1-3H3. The number of amides is 2. The van der Waals surface area contributed by atoms with E-state index in [-0.39, 0.29) is 63.1 Å². The number of rotatable bonds is 4. The second kappa shape index (κ2) is 7.55. The van der Waals surface area contributed by atoms with Crippen LogP contribution in [0.2, 0.25) is 0 Å². The molecule has 6 unspecified atom stereocenters. The first-order valence-electron chi connectivity index (χ1n) is 9.99. The fourth-order valence-corrected chi connectivity index (χ4v) is 6.65. The van der Waals surface area contributed by atoms with Crippen molar-refractivity contribution >= 4 is 61.1 Å². The van der Waals surface area contributed by atoms with Gasteiger partial charge in [0, 0.05) is 15.1 Å². The van der Waals surface area contributed by atoms with Gasteiger partial charge in [-0.1, -0.05) is 52.6 Å². The molecule has 160 valence electrons. The zero-order chi connectivity index (χ0) is 22.0. The van der Waals surface area contributed by atoms with Crippen LogP contribution in [-0.4, -0.2) is 39.8 Å². The van der Waals surface area contributed by atoms with Gasteiger partial charge in [-0.2, -0.15) is 0 Å². The van der Waals surface area contributed by atoms with Crippen molar-refractivity contribution in [2.45, 2.75) is 36.8 Å². The molecule has 0 spiro atoms. The number of ketones is 1. The lowest BCUT2D eigenvalue weighted by Crippen LogP contribution is -2.37. The van der Waals surface area contributed by atoms with Gasteiger partial charge in [-0.3, -0.25) is 19.3 Å². The Balaban J connectivity index is 1.47. The molecule has 4 rings (SSSR count). The van der Waals surface area contributed by atoms with Crippen molar-refractivity contribution in [3.8, 4) is 0 Å². The molecule has 2 bridgehead atoms. The first-order chi connectivity index (χ1) is 14.0. The van der Waals surface area contributed by atoms with E-state index in [4.69, 9.17) is 4.74 Å². The van der Waals surface area contributed by atoms with Crippen LogP contribution in [-0.2, 0) is 19.1 Å². The Morgan fingerprint density at radius 2 is 1.50 bits per heavy atom. The third-order valence-electron chi connectivity index (χ3n) is 6.52. The molecule has 2 amide bonds. The highest BCUT2D eigenvalue weighted by Gasteiger charge is 2.66. The summed E-state index contributed by atoms with van der Waals surface area (Å²) in [7, 11) is 0. The quantitative estimate of drug-likeness (QED) is 0.330. The molecule has 6 nitrogen and oxygen atoms in total. The third-order valence-corrected chi connectivity index (χ3v) is 9.73. The zero-order valence-electron chi connectivity index (χ0n) is 16.9. The zero-order valence-corrected chi connectivity index (χ0v) is 20.1. The summed E-state index contributed by atoms with van der Waals surface area (Å²) in [4.78, 5) is 51.9. The van der Waals surface area contributed by atoms with Gasteiger partial charge in [0.2, 0.25) is 11.8 Å². The number of hydrogen-bond donors (Lipinski definition) is 0. The lowest BCUT2D eigenvalue weighted by molar-refractivity contribution is -0.129. The van der Waals surface area contributed by atoms with E-state index in [0.717, 1.165) is 6.42 Å². The van der Waals surface area contributed by atoms with Gasteiger partial charge < -0.3 is 4.74 Å². The molecule has 1 aromatic carbocycles. The molecule has 1 aromatic rings. The Morgan fingerprint density at radius 1 is 1.00 bits per heavy atom. The molecule has 2 aliphatic carbocycles. The highest BCUT2D eigenvalue weighted by Crippen LogP contribution is 2.60. The number of alkyl halides is 2. The normalized spacial score (nSPS) is 32.5. The van der Waals surface area contributed by atoms with Crippen LogP contribution < -0.4 is 4.90 Å². The molecular weight excluding hydrogens is 518 g/mol. The number of fused-ring (bicyclic) bond motifs is 5. The molecule has 3 aliphatic rings. The Bertz CT molecular complexity index is 890. The van der Waals surface area contributed by atoms with Gasteiger partial charge in [-0.15, -0.1) is 0 Å².